The van der Waals surface area contributed by atoms with Crippen LogP contribution in [0.1, 0.15) is 48.5 Å². The standard InChI is InChI=1S/C24H26F3NO4/c1-2-17(5-3-6-18-8-13-21-22(15-18)31-16-30-21)7-4-14-28-23(29)19-9-11-20(12-10-19)32-24(25,26)27/h5,8-13,15H,2-4,6-7,14,16H2,1H3,(H,28,29). The molecule has 0 unspecified atom stereocenters. The molecule has 0 fully saturated rings. The maximum absolute atomic E-state index is 12.2. The molecule has 0 aliphatic carbocycles. The lowest BCUT2D eigenvalue weighted by Gasteiger charge is -2.10. The second kappa shape index (κ2) is 10.9. The van der Waals surface area contributed by atoms with Crippen LogP contribution in [0.15, 0.2) is 54.1 Å². The lowest BCUT2D eigenvalue weighted by Crippen LogP contribution is -2.24. The lowest BCUT2D eigenvalue weighted by molar-refractivity contribution is -0.274. The summed E-state index contributed by atoms with van der Waals surface area (Å²) < 4.78 is 51.1. The number of nitrogens with one attached hydrogen (secondary N) is 1. The lowest BCUT2D eigenvalue weighted by atomic mass is 10.0. The van der Waals surface area contributed by atoms with E-state index in [1.54, 1.807) is 0 Å². The highest BCUT2D eigenvalue weighted by Gasteiger charge is 2.31. The Morgan fingerprint density at radius 2 is 1.88 bits per heavy atom. The van der Waals surface area contributed by atoms with Crippen LogP contribution in [0.2, 0.25) is 0 Å². The average Bonchev–Trinajstić information content (AvgIpc) is 3.22. The van der Waals surface area contributed by atoms with Crippen LogP contribution >= 0.6 is 0 Å². The molecule has 0 spiro atoms. The van der Waals surface area contributed by atoms with Crippen LogP contribution in [0.4, 0.5) is 13.2 Å². The first-order valence-electron chi connectivity index (χ1n) is 10.5. The quantitative estimate of drug-likeness (QED) is 0.368. The number of amides is 1. The molecule has 1 amide bonds. The number of allylic oxidation sites excluding steroid dienone is 2. The van der Waals surface area contributed by atoms with Crippen molar-refractivity contribution in [1.82, 2.24) is 5.32 Å². The summed E-state index contributed by atoms with van der Waals surface area (Å²) in [7, 11) is 0. The van der Waals surface area contributed by atoms with Crippen molar-refractivity contribution >= 4 is 5.91 Å². The Labute approximate surface area is 185 Å². The second-order valence-corrected chi connectivity index (χ2v) is 7.37. The van der Waals surface area contributed by atoms with Crippen molar-refractivity contribution in [2.24, 2.45) is 0 Å². The number of aryl methyl sites for hydroxylation is 1. The van der Waals surface area contributed by atoms with E-state index in [0.29, 0.717) is 6.54 Å². The fraction of sp³-hybridized carbons (Fsp3) is 0.375. The topological polar surface area (TPSA) is 56.8 Å². The number of rotatable bonds is 10. The molecule has 2 aromatic rings. The molecular formula is C24H26F3NO4. The molecule has 1 aliphatic rings. The average molecular weight is 449 g/mol. The van der Waals surface area contributed by atoms with Crippen molar-refractivity contribution in [2.75, 3.05) is 13.3 Å². The molecule has 0 saturated heterocycles. The summed E-state index contributed by atoms with van der Waals surface area (Å²) >= 11 is 0. The summed E-state index contributed by atoms with van der Waals surface area (Å²) in [6.07, 6.45) is 1.91. The Kier molecular flexibility index (Phi) is 8.03. The van der Waals surface area contributed by atoms with Crippen LogP contribution in [0.3, 0.4) is 0 Å². The molecule has 1 heterocycles. The van der Waals surface area contributed by atoms with Crippen LogP contribution in [-0.2, 0) is 6.42 Å². The van der Waals surface area contributed by atoms with Gasteiger partial charge in [-0.1, -0.05) is 24.6 Å². The molecule has 0 saturated carbocycles. The molecule has 2 aromatic carbocycles. The van der Waals surface area contributed by atoms with Crippen molar-refractivity contribution in [3.63, 3.8) is 0 Å². The van der Waals surface area contributed by atoms with Crippen LogP contribution in [0, 0.1) is 0 Å². The summed E-state index contributed by atoms with van der Waals surface area (Å²) in [5, 5.41) is 2.80. The van der Waals surface area contributed by atoms with E-state index in [-0.39, 0.29) is 24.0 Å². The Hall–Kier alpha value is -3.16. The first kappa shape index (κ1) is 23.5. The first-order valence-corrected chi connectivity index (χ1v) is 10.5. The maximum Gasteiger partial charge on any atom is 0.573 e. The molecule has 8 heteroatoms. The van der Waals surface area contributed by atoms with Gasteiger partial charge in [0, 0.05) is 12.1 Å². The minimum atomic E-state index is -4.75. The van der Waals surface area contributed by atoms with Gasteiger partial charge in [-0.25, -0.2) is 0 Å². The number of alkyl halides is 3. The third kappa shape index (κ3) is 7.21. The fourth-order valence-corrected chi connectivity index (χ4v) is 3.39. The zero-order chi connectivity index (χ0) is 23.0. The number of hydrogen-bond acceptors (Lipinski definition) is 4. The molecule has 0 bridgehead atoms. The first-order chi connectivity index (χ1) is 15.3. The molecule has 172 valence electrons. The molecule has 5 nitrogen and oxygen atoms in total. The van der Waals surface area contributed by atoms with Gasteiger partial charge in [0.25, 0.3) is 5.91 Å². The van der Waals surface area contributed by atoms with Crippen LogP contribution in [0.25, 0.3) is 0 Å². The van der Waals surface area contributed by atoms with E-state index >= 15 is 0 Å². The molecule has 3 rings (SSSR count). The number of fused-ring (bicyclic) bond motifs is 1. The van der Waals surface area contributed by atoms with Gasteiger partial charge in [0.1, 0.15) is 5.75 Å². The van der Waals surface area contributed by atoms with E-state index in [4.69, 9.17) is 9.47 Å². The number of carbonyl (C=O) groups is 1. The Balaban J connectivity index is 1.38. The molecule has 1 aliphatic heterocycles. The van der Waals surface area contributed by atoms with Crippen molar-refractivity contribution in [3.8, 4) is 17.2 Å². The van der Waals surface area contributed by atoms with Gasteiger partial charge in [-0.05, 0) is 74.1 Å². The molecule has 32 heavy (non-hydrogen) atoms. The van der Waals surface area contributed by atoms with Gasteiger partial charge in [0.05, 0.1) is 0 Å². The molecule has 0 radical (unpaired) electrons. The number of hydrogen-bond donors (Lipinski definition) is 1. The zero-order valence-electron chi connectivity index (χ0n) is 17.8. The fourth-order valence-electron chi connectivity index (χ4n) is 3.39. The monoisotopic (exact) mass is 449 g/mol. The third-order valence-electron chi connectivity index (χ3n) is 5.07. The van der Waals surface area contributed by atoms with E-state index in [2.05, 4.69) is 23.1 Å². The van der Waals surface area contributed by atoms with Crippen molar-refractivity contribution in [1.29, 1.82) is 0 Å². The molecule has 0 atom stereocenters. The van der Waals surface area contributed by atoms with Crippen LogP contribution in [-0.4, -0.2) is 25.6 Å². The van der Waals surface area contributed by atoms with Gasteiger partial charge < -0.3 is 19.5 Å². The van der Waals surface area contributed by atoms with Gasteiger partial charge in [0.15, 0.2) is 11.5 Å². The highest BCUT2D eigenvalue weighted by molar-refractivity contribution is 5.94. The van der Waals surface area contributed by atoms with Crippen molar-refractivity contribution in [3.05, 3.63) is 65.2 Å². The molecule has 0 aromatic heterocycles. The summed E-state index contributed by atoms with van der Waals surface area (Å²) in [4.78, 5) is 12.2. The smallest absolute Gasteiger partial charge is 0.454 e. The van der Waals surface area contributed by atoms with Gasteiger partial charge in [-0.15, -0.1) is 13.2 Å². The van der Waals surface area contributed by atoms with Gasteiger partial charge in [-0.3, -0.25) is 4.79 Å². The van der Waals surface area contributed by atoms with Crippen molar-refractivity contribution in [2.45, 2.75) is 45.4 Å². The Morgan fingerprint density at radius 3 is 2.59 bits per heavy atom. The summed E-state index contributed by atoms with van der Waals surface area (Å²) in [6, 6.07) is 10.9. The minimum Gasteiger partial charge on any atom is -0.454 e. The van der Waals surface area contributed by atoms with Crippen LogP contribution < -0.4 is 19.5 Å². The van der Waals surface area contributed by atoms with E-state index in [9.17, 15) is 18.0 Å². The number of benzene rings is 2. The van der Waals surface area contributed by atoms with E-state index in [1.165, 1.54) is 23.3 Å². The Morgan fingerprint density at radius 1 is 1.12 bits per heavy atom. The van der Waals surface area contributed by atoms with Gasteiger partial charge in [-0.2, -0.15) is 0 Å². The molecule has 1 N–H and O–H groups in total. The Bertz CT molecular complexity index is 939. The minimum absolute atomic E-state index is 0.271. The van der Waals surface area contributed by atoms with Crippen molar-refractivity contribution < 1.29 is 32.2 Å². The number of carbonyl (C=O) groups excluding carboxylic acids is 1. The number of ether oxygens (including phenoxy) is 3. The maximum atomic E-state index is 12.2. The van der Waals surface area contributed by atoms with Gasteiger partial charge >= 0.3 is 6.36 Å². The van der Waals surface area contributed by atoms with E-state index in [0.717, 1.165) is 55.7 Å². The third-order valence-corrected chi connectivity index (χ3v) is 5.07. The highest BCUT2D eigenvalue weighted by Crippen LogP contribution is 2.32. The summed E-state index contributed by atoms with van der Waals surface area (Å²) in [6.45, 7) is 2.86. The predicted molar refractivity (Wildman–Crippen MR) is 114 cm³/mol. The zero-order valence-corrected chi connectivity index (χ0v) is 17.8. The largest absolute Gasteiger partial charge is 0.573 e. The normalized spacial score (nSPS) is 13.2. The second-order valence-electron chi connectivity index (χ2n) is 7.37. The number of halogens is 3. The summed E-state index contributed by atoms with van der Waals surface area (Å²) in [5.74, 6) is 0.896. The highest BCUT2D eigenvalue weighted by atomic mass is 19.4. The van der Waals surface area contributed by atoms with Gasteiger partial charge in [0.2, 0.25) is 6.79 Å². The van der Waals surface area contributed by atoms with Crippen LogP contribution in [0.5, 0.6) is 17.2 Å². The SMILES string of the molecule is CCC(=CCCc1ccc2c(c1)OCO2)CCCNC(=O)c1ccc(OC(F)(F)F)cc1. The summed E-state index contributed by atoms with van der Waals surface area (Å²) in [5.41, 5.74) is 2.81. The predicted octanol–water partition coefficient (Wildman–Crippen LogP) is 5.79. The van der Waals surface area contributed by atoms with E-state index in [1.807, 2.05) is 18.2 Å². The van der Waals surface area contributed by atoms with E-state index < -0.39 is 6.36 Å². The molecular weight excluding hydrogens is 423 g/mol.